The normalized spacial score (nSPS) is 20.5. The van der Waals surface area contributed by atoms with Gasteiger partial charge >= 0.3 is 12.2 Å². The molecule has 1 aliphatic carbocycles. The molecule has 140 valence electrons. The highest BCUT2D eigenvalue weighted by molar-refractivity contribution is 9.11. The van der Waals surface area contributed by atoms with Crippen LogP contribution in [0.4, 0.5) is 9.59 Å². The summed E-state index contributed by atoms with van der Waals surface area (Å²) in [4.78, 5) is 36.6. The minimum atomic E-state index is -1.32. The number of amides is 2. The Hall–Kier alpha value is -1.90. The van der Waals surface area contributed by atoms with Crippen molar-refractivity contribution in [2.24, 2.45) is 0 Å². The highest BCUT2D eigenvalue weighted by Crippen LogP contribution is 2.25. The molecule has 9 heteroatoms. The van der Waals surface area contributed by atoms with E-state index >= 15 is 0 Å². The van der Waals surface area contributed by atoms with Gasteiger partial charge in [0, 0.05) is 15.5 Å². The fraction of sp³-hybridized carbons (Fsp3) is 0.625. The second kappa shape index (κ2) is 7.55. The fourth-order valence-corrected chi connectivity index (χ4v) is 2.41. The molecular formula is C16H23BrN2O6. The van der Waals surface area contributed by atoms with Crippen LogP contribution in [-0.4, -0.2) is 45.3 Å². The van der Waals surface area contributed by atoms with Crippen LogP contribution in [0.3, 0.4) is 0 Å². The number of carbonyl (C=O) groups is 2. The van der Waals surface area contributed by atoms with Gasteiger partial charge in [-0.2, -0.15) is 4.90 Å². The molecule has 0 heterocycles. The molecule has 0 radical (unpaired) electrons. The van der Waals surface area contributed by atoms with Gasteiger partial charge in [-0.1, -0.05) is 22.0 Å². The maximum absolute atomic E-state index is 12.5. The molecule has 2 unspecified atom stereocenters. The first-order valence-electron chi connectivity index (χ1n) is 7.65. The van der Waals surface area contributed by atoms with E-state index < -0.39 is 40.4 Å². The molecule has 0 fully saturated rings. The third kappa shape index (κ3) is 6.49. The molecule has 0 spiro atoms. The molecular weight excluding hydrogens is 396 g/mol. The Morgan fingerprint density at radius 2 is 1.56 bits per heavy atom. The summed E-state index contributed by atoms with van der Waals surface area (Å²) in [5, 5.41) is 11.4. The Labute approximate surface area is 155 Å². The van der Waals surface area contributed by atoms with Crippen molar-refractivity contribution >= 4 is 28.1 Å². The number of rotatable bonds is 2. The van der Waals surface area contributed by atoms with Crippen LogP contribution < -0.4 is 0 Å². The molecule has 0 aromatic carbocycles. The summed E-state index contributed by atoms with van der Waals surface area (Å²) in [5.74, 6) is 0. The van der Waals surface area contributed by atoms with Crippen LogP contribution in [0.15, 0.2) is 22.7 Å². The number of nitrogens with zero attached hydrogens (tertiary/aromatic N) is 2. The molecule has 25 heavy (non-hydrogen) atoms. The van der Waals surface area contributed by atoms with Gasteiger partial charge in [0.05, 0.1) is 0 Å². The van der Waals surface area contributed by atoms with Crippen molar-refractivity contribution in [3.8, 4) is 0 Å². The van der Waals surface area contributed by atoms with E-state index in [0.29, 0.717) is 9.38 Å². The molecule has 1 aliphatic rings. The standard InChI is InChI=1S/C16H23BrN2O6/c1-15(2,3)24-13(20)18(14(21)25-16(4,5)6)11-8-7-10(17)9-12(11)19(22)23/h7-9,11-12H,1-6H3. The Balaban J connectivity index is 3.25. The van der Waals surface area contributed by atoms with E-state index in [1.165, 1.54) is 18.2 Å². The van der Waals surface area contributed by atoms with E-state index in [1.54, 1.807) is 41.5 Å². The molecule has 0 saturated heterocycles. The van der Waals surface area contributed by atoms with Crippen LogP contribution >= 0.6 is 15.9 Å². The lowest BCUT2D eigenvalue weighted by Gasteiger charge is -2.33. The Kier molecular flexibility index (Phi) is 6.39. The molecule has 0 aromatic rings. The fourth-order valence-electron chi connectivity index (χ4n) is 1.99. The predicted molar refractivity (Wildman–Crippen MR) is 95.0 cm³/mol. The number of hydrogen-bond donors (Lipinski definition) is 0. The number of carbonyl (C=O) groups excluding carboxylic acids is 2. The number of allylic oxidation sites excluding steroid dienone is 2. The molecule has 0 bridgehead atoms. The number of hydrogen-bond acceptors (Lipinski definition) is 6. The molecule has 8 nitrogen and oxygen atoms in total. The number of ether oxygens (including phenoxy) is 2. The van der Waals surface area contributed by atoms with Crippen LogP contribution in [0.2, 0.25) is 0 Å². The third-order valence-electron chi connectivity index (χ3n) is 2.85. The van der Waals surface area contributed by atoms with Gasteiger partial charge in [0.15, 0.2) is 0 Å². The minimum absolute atomic E-state index is 0.485. The monoisotopic (exact) mass is 418 g/mol. The summed E-state index contributed by atoms with van der Waals surface area (Å²) >= 11 is 3.16. The van der Waals surface area contributed by atoms with Gasteiger partial charge in [-0.05, 0) is 47.6 Å². The topological polar surface area (TPSA) is 99.0 Å². The predicted octanol–water partition coefficient (Wildman–Crippen LogP) is 4.02. The number of nitro groups is 1. The minimum Gasteiger partial charge on any atom is -0.443 e. The Morgan fingerprint density at radius 3 is 1.92 bits per heavy atom. The zero-order chi connectivity index (χ0) is 19.6. The SMILES string of the molecule is CC(C)(C)OC(=O)N(C(=O)OC(C)(C)C)C1C=CC(Br)=CC1[N+](=O)[O-]. The maximum Gasteiger partial charge on any atom is 0.420 e. The highest BCUT2D eigenvalue weighted by Gasteiger charge is 2.44. The lowest BCUT2D eigenvalue weighted by atomic mass is 10.0. The second-order valence-corrected chi connectivity index (χ2v) is 8.42. The third-order valence-corrected chi connectivity index (χ3v) is 3.38. The summed E-state index contributed by atoms with van der Waals surface area (Å²) in [6.45, 7) is 9.81. The van der Waals surface area contributed by atoms with Crippen molar-refractivity contribution in [1.82, 2.24) is 4.90 Å². The summed E-state index contributed by atoms with van der Waals surface area (Å²) < 4.78 is 11.0. The second-order valence-electron chi connectivity index (χ2n) is 7.51. The smallest absolute Gasteiger partial charge is 0.420 e. The molecule has 2 atom stereocenters. The zero-order valence-electron chi connectivity index (χ0n) is 15.1. The van der Waals surface area contributed by atoms with Gasteiger partial charge in [0.25, 0.3) is 6.04 Å². The van der Waals surface area contributed by atoms with Crippen molar-refractivity contribution in [2.75, 3.05) is 0 Å². The van der Waals surface area contributed by atoms with Crippen molar-refractivity contribution in [3.05, 3.63) is 32.8 Å². The summed E-state index contributed by atoms with van der Waals surface area (Å²) in [6, 6.07) is -2.49. The van der Waals surface area contributed by atoms with Crippen molar-refractivity contribution in [2.45, 2.75) is 64.8 Å². The highest BCUT2D eigenvalue weighted by atomic mass is 79.9. The van der Waals surface area contributed by atoms with Crippen LogP contribution in [0.5, 0.6) is 0 Å². The van der Waals surface area contributed by atoms with Crippen molar-refractivity contribution in [1.29, 1.82) is 0 Å². The average molecular weight is 419 g/mol. The maximum atomic E-state index is 12.5. The van der Waals surface area contributed by atoms with E-state index in [-0.39, 0.29) is 0 Å². The van der Waals surface area contributed by atoms with E-state index in [1.807, 2.05) is 0 Å². The van der Waals surface area contributed by atoms with Crippen molar-refractivity contribution in [3.63, 3.8) is 0 Å². The van der Waals surface area contributed by atoms with Gasteiger partial charge in [0.2, 0.25) is 0 Å². The lowest BCUT2D eigenvalue weighted by molar-refractivity contribution is -0.513. The summed E-state index contributed by atoms with van der Waals surface area (Å²) in [5.41, 5.74) is -1.76. The largest absolute Gasteiger partial charge is 0.443 e. The van der Waals surface area contributed by atoms with E-state index in [9.17, 15) is 19.7 Å². The Morgan fingerprint density at radius 1 is 1.12 bits per heavy atom. The number of imide groups is 1. The molecule has 2 amide bonds. The van der Waals surface area contributed by atoms with Crippen molar-refractivity contribution < 1.29 is 24.0 Å². The average Bonchev–Trinajstić information content (AvgIpc) is 2.36. The van der Waals surface area contributed by atoms with Gasteiger partial charge in [-0.25, -0.2) is 9.59 Å². The van der Waals surface area contributed by atoms with E-state index in [4.69, 9.17) is 9.47 Å². The first kappa shape index (κ1) is 21.1. The van der Waals surface area contributed by atoms with E-state index in [0.717, 1.165) is 0 Å². The van der Waals surface area contributed by atoms with Gasteiger partial charge in [-0.15, -0.1) is 0 Å². The van der Waals surface area contributed by atoms with Crippen LogP contribution in [-0.2, 0) is 9.47 Å². The molecule has 0 aliphatic heterocycles. The lowest BCUT2D eigenvalue weighted by Crippen LogP contribution is -2.54. The molecule has 1 rings (SSSR count). The van der Waals surface area contributed by atoms with Crippen LogP contribution in [0, 0.1) is 10.1 Å². The first-order chi connectivity index (χ1) is 11.2. The van der Waals surface area contributed by atoms with Crippen LogP contribution in [0.1, 0.15) is 41.5 Å². The molecule has 0 saturated carbocycles. The van der Waals surface area contributed by atoms with Crippen LogP contribution in [0.25, 0.3) is 0 Å². The molecule has 0 N–H and O–H groups in total. The summed E-state index contributed by atoms with van der Waals surface area (Å²) in [6.07, 6.45) is 2.23. The van der Waals surface area contributed by atoms with Gasteiger partial charge < -0.3 is 9.47 Å². The van der Waals surface area contributed by atoms with Gasteiger partial charge in [-0.3, -0.25) is 10.1 Å². The van der Waals surface area contributed by atoms with E-state index in [2.05, 4.69) is 15.9 Å². The Bertz CT molecular complexity index is 587. The quantitative estimate of drug-likeness (QED) is 0.495. The summed E-state index contributed by atoms with van der Waals surface area (Å²) in [7, 11) is 0. The number of halogens is 1. The molecule has 0 aromatic heterocycles. The van der Waals surface area contributed by atoms with Gasteiger partial charge in [0.1, 0.15) is 17.2 Å². The first-order valence-corrected chi connectivity index (χ1v) is 8.45. The zero-order valence-corrected chi connectivity index (χ0v) is 16.7.